The van der Waals surface area contributed by atoms with Crippen LogP contribution in [0.25, 0.3) is 65.7 Å². The minimum absolute atomic E-state index is 0.918. The minimum Gasteiger partial charge on any atom is -0.456 e. The second-order valence-corrected chi connectivity index (χ2v) is 9.74. The molecule has 0 saturated heterocycles. The van der Waals surface area contributed by atoms with E-state index in [-0.39, 0.29) is 0 Å². The topological polar surface area (TPSA) is 9.23 Å². The Bertz CT molecular complexity index is 2010. The molecular weight excluding hydrogens is 448 g/mol. The van der Waals surface area contributed by atoms with Gasteiger partial charge in [-0.15, -0.1) is 0 Å². The second kappa shape index (κ2) is 7.81. The van der Waals surface area contributed by atoms with Gasteiger partial charge in [0.05, 0.1) is 0 Å². The number of rotatable bonds is 2. The van der Waals surface area contributed by atoms with Crippen molar-refractivity contribution in [3.8, 4) is 44.9 Å². The van der Waals surface area contributed by atoms with E-state index in [1.54, 1.807) is 0 Å². The van der Waals surface area contributed by atoms with Gasteiger partial charge in [0.25, 0.3) is 0 Å². The SMILES string of the molecule is c1cc(-c2ccc3c(ccc4ccccc43)c2)cc(-c2ccc3c4c(cccc24)-c2ccccc2O3)c1. The average Bonchev–Trinajstić information content (AvgIpc) is 2.97. The van der Waals surface area contributed by atoms with Crippen LogP contribution in [0.15, 0.2) is 133 Å². The molecule has 1 heteroatoms. The van der Waals surface area contributed by atoms with Gasteiger partial charge >= 0.3 is 0 Å². The smallest absolute Gasteiger partial charge is 0.135 e. The van der Waals surface area contributed by atoms with Gasteiger partial charge in [0.2, 0.25) is 0 Å². The summed E-state index contributed by atoms with van der Waals surface area (Å²) in [6, 6.07) is 47.9. The van der Waals surface area contributed by atoms with E-state index < -0.39 is 0 Å². The maximum absolute atomic E-state index is 6.30. The normalized spacial score (nSPS) is 12.0. The number of benzene rings is 7. The molecule has 37 heavy (non-hydrogen) atoms. The van der Waals surface area contributed by atoms with Crippen LogP contribution < -0.4 is 4.74 Å². The maximum Gasteiger partial charge on any atom is 0.135 e. The van der Waals surface area contributed by atoms with E-state index in [2.05, 4.69) is 121 Å². The summed E-state index contributed by atoms with van der Waals surface area (Å²) in [5.74, 6) is 1.84. The predicted octanol–water partition coefficient (Wildman–Crippen LogP) is 10.3. The molecule has 1 heterocycles. The lowest BCUT2D eigenvalue weighted by Gasteiger charge is -2.22. The Labute approximate surface area is 215 Å². The molecule has 7 aromatic carbocycles. The monoisotopic (exact) mass is 470 g/mol. The highest BCUT2D eigenvalue weighted by Gasteiger charge is 2.21. The molecule has 172 valence electrons. The molecule has 0 atom stereocenters. The third kappa shape index (κ3) is 3.11. The molecule has 0 fully saturated rings. The van der Waals surface area contributed by atoms with Crippen molar-refractivity contribution in [3.63, 3.8) is 0 Å². The molecule has 0 N–H and O–H groups in total. The largest absolute Gasteiger partial charge is 0.456 e. The van der Waals surface area contributed by atoms with Gasteiger partial charge in [-0.1, -0.05) is 109 Å². The summed E-state index contributed by atoms with van der Waals surface area (Å²) in [6.07, 6.45) is 0. The molecule has 0 amide bonds. The molecule has 0 radical (unpaired) electrons. The van der Waals surface area contributed by atoms with E-state index in [0.29, 0.717) is 0 Å². The van der Waals surface area contributed by atoms with Crippen LogP contribution >= 0.6 is 0 Å². The van der Waals surface area contributed by atoms with Gasteiger partial charge in [-0.3, -0.25) is 0 Å². The Morgan fingerprint density at radius 2 is 1.08 bits per heavy atom. The Morgan fingerprint density at radius 3 is 2.08 bits per heavy atom. The quantitative estimate of drug-likeness (QED) is 0.228. The van der Waals surface area contributed by atoms with Gasteiger partial charge in [0.1, 0.15) is 11.5 Å². The molecular formula is C36H22O. The van der Waals surface area contributed by atoms with Crippen LogP contribution in [0, 0.1) is 0 Å². The van der Waals surface area contributed by atoms with Crippen molar-refractivity contribution in [2.24, 2.45) is 0 Å². The van der Waals surface area contributed by atoms with Crippen molar-refractivity contribution < 1.29 is 4.74 Å². The van der Waals surface area contributed by atoms with Crippen molar-refractivity contribution in [2.75, 3.05) is 0 Å². The molecule has 8 rings (SSSR count). The van der Waals surface area contributed by atoms with Gasteiger partial charge < -0.3 is 4.74 Å². The van der Waals surface area contributed by atoms with Gasteiger partial charge in [-0.2, -0.15) is 0 Å². The molecule has 1 nitrogen and oxygen atoms in total. The molecule has 0 aliphatic carbocycles. The third-order valence-corrected chi connectivity index (χ3v) is 7.65. The second-order valence-electron chi connectivity index (χ2n) is 9.74. The predicted molar refractivity (Wildman–Crippen MR) is 155 cm³/mol. The van der Waals surface area contributed by atoms with E-state index >= 15 is 0 Å². The Kier molecular flexibility index (Phi) is 4.29. The van der Waals surface area contributed by atoms with E-state index in [1.807, 2.05) is 12.1 Å². The fraction of sp³-hybridized carbons (Fsp3) is 0. The zero-order valence-electron chi connectivity index (χ0n) is 20.1. The standard InChI is InChI=1S/C36H22O/c1-2-10-28-23(7-1)15-16-27-22-25(17-18-29(27)28)24-8-5-9-26(21-24)30-19-20-35-36-32(30)12-6-13-33(36)31-11-3-4-14-34(31)37-35/h1-22H. The average molecular weight is 471 g/mol. The molecule has 1 aliphatic heterocycles. The maximum atomic E-state index is 6.30. The summed E-state index contributed by atoms with van der Waals surface area (Å²) in [5.41, 5.74) is 7.25. The Balaban J connectivity index is 1.28. The van der Waals surface area contributed by atoms with Gasteiger partial charge in [-0.05, 0) is 79.0 Å². The highest BCUT2D eigenvalue weighted by atomic mass is 16.5. The van der Waals surface area contributed by atoms with Crippen LogP contribution in [0.1, 0.15) is 0 Å². The zero-order chi connectivity index (χ0) is 24.3. The molecule has 1 aliphatic rings. The van der Waals surface area contributed by atoms with Crippen molar-refractivity contribution in [3.05, 3.63) is 133 Å². The third-order valence-electron chi connectivity index (χ3n) is 7.65. The molecule has 7 aromatic rings. The van der Waals surface area contributed by atoms with Gasteiger partial charge in [-0.25, -0.2) is 0 Å². The van der Waals surface area contributed by atoms with Crippen LogP contribution in [0.3, 0.4) is 0 Å². The van der Waals surface area contributed by atoms with Crippen LogP contribution in [-0.2, 0) is 0 Å². The number of hydrogen-bond donors (Lipinski definition) is 0. The first-order valence-corrected chi connectivity index (χ1v) is 12.7. The fourth-order valence-electron chi connectivity index (χ4n) is 5.89. The van der Waals surface area contributed by atoms with Crippen molar-refractivity contribution >= 4 is 32.3 Å². The first-order valence-electron chi connectivity index (χ1n) is 12.7. The Hall–Kier alpha value is -4.88. The summed E-state index contributed by atoms with van der Waals surface area (Å²) >= 11 is 0. The lowest BCUT2D eigenvalue weighted by Crippen LogP contribution is -1.97. The van der Waals surface area contributed by atoms with Crippen molar-refractivity contribution in [2.45, 2.75) is 0 Å². The van der Waals surface area contributed by atoms with E-state index in [0.717, 1.165) is 17.1 Å². The van der Waals surface area contributed by atoms with E-state index in [1.165, 1.54) is 60.1 Å². The number of ether oxygens (including phenoxy) is 1. The summed E-state index contributed by atoms with van der Waals surface area (Å²) in [5, 5.41) is 7.53. The summed E-state index contributed by atoms with van der Waals surface area (Å²) in [4.78, 5) is 0. The molecule has 0 saturated carbocycles. The summed E-state index contributed by atoms with van der Waals surface area (Å²) < 4.78 is 6.30. The van der Waals surface area contributed by atoms with Crippen LogP contribution in [0.5, 0.6) is 11.5 Å². The van der Waals surface area contributed by atoms with E-state index in [4.69, 9.17) is 4.74 Å². The first-order chi connectivity index (χ1) is 18.3. The van der Waals surface area contributed by atoms with Gasteiger partial charge in [0.15, 0.2) is 0 Å². The molecule has 0 aromatic heterocycles. The number of para-hydroxylation sites is 1. The van der Waals surface area contributed by atoms with Crippen LogP contribution in [-0.4, -0.2) is 0 Å². The minimum atomic E-state index is 0.918. The number of fused-ring (bicyclic) bond motifs is 5. The summed E-state index contributed by atoms with van der Waals surface area (Å²) in [6.45, 7) is 0. The lowest BCUT2D eigenvalue weighted by atomic mass is 9.89. The fourth-order valence-corrected chi connectivity index (χ4v) is 5.89. The van der Waals surface area contributed by atoms with Crippen LogP contribution in [0.4, 0.5) is 0 Å². The molecule has 0 unspecified atom stereocenters. The molecule has 0 bridgehead atoms. The highest BCUT2D eigenvalue weighted by molar-refractivity contribution is 6.10. The Morgan fingerprint density at radius 1 is 0.351 bits per heavy atom. The van der Waals surface area contributed by atoms with Crippen molar-refractivity contribution in [1.82, 2.24) is 0 Å². The molecule has 0 spiro atoms. The summed E-state index contributed by atoms with van der Waals surface area (Å²) in [7, 11) is 0. The zero-order valence-corrected chi connectivity index (χ0v) is 20.1. The number of hydrogen-bond acceptors (Lipinski definition) is 1. The first kappa shape index (κ1) is 20.3. The van der Waals surface area contributed by atoms with E-state index in [9.17, 15) is 0 Å². The highest BCUT2D eigenvalue weighted by Crippen LogP contribution is 2.48. The van der Waals surface area contributed by atoms with Crippen LogP contribution in [0.2, 0.25) is 0 Å². The van der Waals surface area contributed by atoms with Crippen molar-refractivity contribution in [1.29, 1.82) is 0 Å². The lowest BCUT2D eigenvalue weighted by molar-refractivity contribution is 0.487. The van der Waals surface area contributed by atoms with Gasteiger partial charge in [0, 0.05) is 10.9 Å².